The number of rotatable bonds is 6. The Morgan fingerprint density at radius 3 is 2.95 bits per heavy atom. The van der Waals surface area contributed by atoms with Crippen LogP contribution in [0.2, 0.25) is 0 Å². The summed E-state index contributed by atoms with van der Waals surface area (Å²) >= 11 is 0. The summed E-state index contributed by atoms with van der Waals surface area (Å²) in [5, 5.41) is 8.42. The average molecular weight is 269 g/mol. The molecule has 3 rings (SSSR count). The molecule has 0 aliphatic carbocycles. The number of aromatic nitrogens is 5. The van der Waals surface area contributed by atoms with Gasteiger partial charge in [-0.15, -0.1) is 5.10 Å². The van der Waals surface area contributed by atoms with E-state index in [4.69, 9.17) is 0 Å². The van der Waals surface area contributed by atoms with Crippen molar-refractivity contribution in [2.45, 2.75) is 39.3 Å². The molecule has 104 valence electrons. The fourth-order valence-corrected chi connectivity index (χ4v) is 2.35. The molecule has 0 amide bonds. The zero-order valence-corrected chi connectivity index (χ0v) is 11.7. The maximum absolute atomic E-state index is 4.39. The van der Waals surface area contributed by atoms with E-state index in [1.807, 2.05) is 35.4 Å². The molecule has 0 atom stereocenters. The van der Waals surface area contributed by atoms with Crippen molar-refractivity contribution >= 4 is 11.0 Å². The van der Waals surface area contributed by atoms with Crippen molar-refractivity contribution in [1.82, 2.24) is 24.5 Å². The molecule has 1 aromatic carbocycles. The summed E-state index contributed by atoms with van der Waals surface area (Å²) in [6.07, 6.45) is 7.52. The van der Waals surface area contributed by atoms with E-state index in [0.717, 1.165) is 29.7 Å². The van der Waals surface area contributed by atoms with Gasteiger partial charge in [0.15, 0.2) is 0 Å². The molecule has 0 saturated carbocycles. The van der Waals surface area contributed by atoms with Crippen LogP contribution < -0.4 is 0 Å². The van der Waals surface area contributed by atoms with Crippen molar-refractivity contribution in [3.05, 3.63) is 42.5 Å². The van der Waals surface area contributed by atoms with E-state index in [9.17, 15) is 0 Å². The van der Waals surface area contributed by atoms with Gasteiger partial charge in [0.1, 0.15) is 5.69 Å². The van der Waals surface area contributed by atoms with Gasteiger partial charge in [0.05, 0.1) is 30.1 Å². The lowest BCUT2D eigenvalue weighted by Gasteiger charge is -2.00. The quantitative estimate of drug-likeness (QED) is 0.646. The van der Waals surface area contributed by atoms with Crippen molar-refractivity contribution < 1.29 is 0 Å². The molecule has 20 heavy (non-hydrogen) atoms. The molecular formula is C15H19N5. The van der Waals surface area contributed by atoms with Crippen molar-refractivity contribution in [2.75, 3.05) is 0 Å². The number of aryl methyl sites for hydroxylation is 1. The van der Waals surface area contributed by atoms with Crippen molar-refractivity contribution in [3.8, 4) is 0 Å². The Labute approximate surface area is 118 Å². The van der Waals surface area contributed by atoms with Crippen LogP contribution in [0.25, 0.3) is 11.0 Å². The van der Waals surface area contributed by atoms with Crippen LogP contribution >= 0.6 is 0 Å². The highest BCUT2D eigenvalue weighted by atomic mass is 15.4. The zero-order valence-electron chi connectivity index (χ0n) is 11.7. The topological polar surface area (TPSA) is 48.5 Å². The van der Waals surface area contributed by atoms with Gasteiger partial charge in [0.2, 0.25) is 0 Å². The summed E-state index contributed by atoms with van der Waals surface area (Å²) in [6.45, 7) is 3.87. The zero-order chi connectivity index (χ0) is 13.8. The number of benzene rings is 1. The Morgan fingerprint density at radius 1 is 1.15 bits per heavy atom. The van der Waals surface area contributed by atoms with Gasteiger partial charge in [-0.2, -0.15) is 0 Å². The minimum absolute atomic E-state index is 0.717. The SMILES string of the molecule is CCCCCn1cc(Cn2cnc3ccccc32)nn1. The second-order valence-corrected chi connectivity index (χ2v) is 5.04. The molecule has 0 bridgehead atoms. The van der Waals surface area contributed by atoms with Gasteiger partial charge in [0, 0.05) is 6.54 Å². The summed E-state index contributed by atoms with van der Waals surface area (Å²) in [7, 11) is 0. The van der Waals surface area contributed by atoms with E-state index in [0.29, 0.717) is 6.54 Å². The molecule has 0 saturated heterocycles. The highest BCUT2D eigenvalue weighted by Crippen LogP contribution is 2.13. The fourth-order valence-electron chi connectivity index (χ4n) is 2.35. The molecule has 2 aromatic heterocycles. The van der Waals surface area contributed by atoms with E-state index in [1.165, 1.54) is 12.8 Å². The lowest BCUT2D eigenvalue weighted by Crippen LogP contribution is -1.99. The fraction of sp³-hybridized carbons (Fsp3) is 0.400. The van der Waals surface area contributed by atoms with Crippen LogP contribution in [-0.2, 0) is 13.1 Å². The van der Waals surface area contributed by atoms with Crippen LogP contribution in [0.3, 0.4) is 0 Å². The normalized spacial score (nSPS) is 11.2. The maximum atomic E-state index is 4.39. The monoisotopic (exact) mass is 269 g/mol. The number of nitrogens with zero attached hydrogens (tertiary/aromatic N) is 5. The standard InChI is InChI=1S/C15H19N5/c1-2-3-6-9-20-11-13(17-18-20)10-19-12-16-14-7-4-5-8-15(14)19/h4-5,7-8,11-12H,2-3,6,9-10H2,1H3. The Bertz CT molecular complexity index is 682. The van der Waals surface area contributed by atoms with Crippen LogP contribution in [0.15, 0.2) is 36.8 Å². The van der Waals surface area contributed by atoms with Crippen molar-refractivity contribution in [2.24, 2.45) is 0 Å². The van der Waals surface area contributed by atoms with Crippen LogP contribution in [0, 0.1) is 0 Å². The number of hydrogen-bond acceptors (Lipinski definition) is 3. The Morgan fingerprint density at radius 2 is 2.05 bits per heavy atom. The van der Waals surface area contributed by atoms with E-state index in [1.54, 1.807) is 0 Å². The van der Waals surface area contributed by atoms with Gasteiger partial charge in [-0.3, -0.25) is 4.68 Å². The Kier molecular flexibility index (Phi) is 3.76. The van der Waals surface area contributed by atoms with Crippen LogP contribution in [0.5, 0.6) is 0 Å². The lowest BCUT2D eigenvalue weighted by atomic mass is 10.2. The van der Waals surface area contributed by atoms with Gasteiger partial charge in [-0.25, -0.2) is 4.98 Å². The summed E-state index contributed by atoms with van der Waals surface area (Å²) in [5.74, 6) is 0. The molecule has 0 fully saturated rings. The van der Waals surface area contributed by atoms with Crippen LogP contribution in [0.4, 0.5) is 0 Å². The number of imidazole rings is 1. The predicted molar refractivity (Wildman–Crippen MR) is 78.4 cm³/mol. The molecule has 0 radical (unpaired) electrons. The molecule has 3 aromatic rings. The van der Waals surface area contributed by atoms with Gasteiger partial charge >= 0.3 is 0 Å². The van der Waals surface area contributed by atoms with Gasteiger partial charge in [-0.1, -0.05) is 37.1 Å². The third-order valence-corrected chi connectivity index (χ3v) is 3.44. The van der Waals surface area contributed by atoms with Gasteiger partial charge in [-0.05, 0) is 18.6 Å². The molecule has 5 heteroatoms. The largest absolute Gasteiger partial charge is 0.324 e. The molecule has 0 aliphatic rings. The number of para-hydroxylation sites is 2. The van der Waals surface area contributed by atoms with Gasteiger partial charge in [0.25, 0.3) is 0 Å². The molecule has 5 nitrogen and oxygen atoms in total. The minimum Gasteiger partial charge on any atom is -0.324 e. The number of hydrogen-bond donors (Lipinski definition) is 0. The Balaban J connectivity index is 1.71. The highest BCUT2D eigenvalue weighted by Gasteiger charge is 2.05. The first kappa shape index (κ1) is 12.8. The van der Waals surface area contributed by atoms with E-state index in [2.05, 4.69) is 32.9 Å². The highest BCUT2D eigenvalue weighted by molar-refractivity contribution is 5.74. The van der Waals surface area contributed by atoms with E-state index < -0.39 is 0 Å². The molecule has 0 unspecified atom stereocenters. The van der Waals surface area contributed by atoms with Crippen molar-refractivity contribution in [1.29, 1.82) is 0 Å². The number of fused-ring (bicyclic) bond motifs is 1. The summed E-state index contributed by atoms with van der Waals surface area (Å²) < 4.78 is 4.04. The summed E-state index contributed by atoms with van der Waals surface area (Å²) in [4.78, 5) is 4.39. The predicted octanol–water partition coefficient (Wildman–Crippen LogP) is 2.87. The minimum atomic E-state index is 0.717. The molecule has 2 heterocycles. The molecule has 0 spiro atoms. The first-order chi connectivity index (χ1) is 9.86. The number of unbranched alkanes of at least 4 members (excludes halogenated alkanes) is 2. The second-order valence-electron chi connectivity index (χ2n) is 5.04. The molecular weight excluding hydrogens is 250 g/mol. The van der Waals surface area contributed by atoms with E-state index in [-0.39, 0.29) is 0 Å². The average Bonchev–Trinajstić information content (AvgIpc) is 3.08. The third kappa shape index (κ3) is 2.71. The Hall–Kier alpha value is -2.17. The smallest absolute Gasteiger partial charge is 0.102 e. The molecule has 0 N–H and O–H groups in total. The van der Waals surface area contributed by atoms with Crippen LogP contribution in [0.1, 0.15) is 31.9 Å². The van der Waals surface area contributed by atoms with Crippen molar-refractivity contribution in [3.63, 3.8) is 0 Å². The third-order valence-electron chi connectivity index (χ3n) is 3.44. The second kappa shape index (κ2) is 5.86. The molecule has 0 aliphatic heterocycles. The maximum Gasteiger partial charge on any atom is 0.102 e. The first-order valence-corrected chi connectivity index (χ1v) is 7.15. The summed E-state index contributed by atoms with van der Waals surface area (Å²) in [6, 6.07) is 8.13. The summed E-state index contributed by atoms with van der Waals surface area (Å²) in [5.41, 5.74) is 3.13. The lowest BCUT2D eigenvalue weighted by molar-refractivity contribution is 0.537. The van der Waals surface area contributed by atoms with Gasteiger partial charge < -0.3 is 4.57 Å². The van der Waals surface area contributed by atoms with E-state index >= 15 is 0 Å². The first-order valence-electron chi connectivity index (χ1n) is 7.15. The van der Waals surface area contributed by atoms with Crippen LogP contribution in [-0.4, -0.2) is 24.5 Å².